The second kappa shape index (κ2) is 13.5. The maximum absolute atomic E-state index is 12.9. The number of rotatable bonds is 6. The molecule has 0 aromatic heterocycles. The monoisotopic (exact) mass is 574 g/mol. The van der Waals surface area contributed by atoms with E-state index in [1.807, 2.05) is 67.6 Å². The van der Waals surface area contributed by atoms with E-state index >= 15 is 0 Å². The molecule has 0 radical (unpaired) electrons. The summed E-state index contributed by atoms with van der Waals surface area (Å²) < 4.78 is 28.6. The fourth-order valence-corrected chi connectivity index (χ4v) is 4.71. The summed E-state index contributed by atoms with van der Waals surface area (Å²) in [6.45, 7) is 6.11. The molecule has 6 heteroatoms. The number of benzene rings is 4. The third-order valence-corrected chi connectivity index (χ3v) is 6.99. The Kier molecular flexibility index (Phi) is 11.0. The fraction of sp³-hybridized carbons (Fsp3) is 0.172. The van der Waals surface area contributed by atoms with E-state index < -0.39 is 22.1 Å². The van der Waals surface area contributed by atoms with E-state index in [9.17, 15) is 8.42 Å². The quantitative estimate of drug-likeness (QED) is 0.277. The molecule has 4 aromatic rings. The van der Waals surface area contributed by atoms with Crippen molar-refractivity contribution in [3.05, 3.63) is 137 Å². The minimum absolute atomic E-state index is 0. The Bertz CT molecular complexity index is 1240. The van der Waals surface area contributed by atoms with Crippen LogP contribution in [0.2, 0.25) is 0 Å². The summed E-state index contributed by atoms with van der Waals surface area (Å²) in [5.41, 5.74) is 11.8. The van der Waals surface area contributed by atoms with Gasteiger partial charge in [-0.05, 0) is 44.0 Å². The van der Waals surface area contributed by atoms with Gasteiger partial charge in [-0.15, -0.1) is 0 Å². The first-order chi connectivity index (χ1) is 16.3. The molecular weight excluding hydrogens is 541 g/mol. The van der Waals surface area contributed by atoms with Crippen LogP contribution in [0.4, 0.5) is 0 Å². The van der Waals surface area contributed by atoms with Crippen LogP contribution in [0.1, 0.15) is 39.9 Å². The van der Waals surface area contributed by atoms with Gasteiger partial charge in [0.1, 0.15) is 0 Å². The molecule has 4 aromatic carbocycles. The molecule has 0 unspecified atom stereocenters. The molecule has 0 aliphatic heterocycles. The Morgan fingerprint density at radius 1 is 0.600 bits per heavy atom. The van der Waals surface area contributed by atoms with Gasteiger partial charge in [0.2, 0.25) is 10.0 Å². The minimum atomic E-state index is -3.71. The molecule has 2 atom stereocenters. The molecule has 0 saturated carbocycles. The Morgan fingerprint density at radius 2 is 0.971 bits per heavy atom. The van der Waals surface area contributed by atoms with Crippen molar-refractivity contribution in [2.75, 3.05) is 0 Å². The average Bonchev–Trinajstić information content (AvgIpc) is 2.86. The van der Waals surface area contributed by atoms with Crippen LogP contribution in [0, 0.1) is 20.8 Å². The molecule has 0 amide bonds. The molecule has 0 heterocycles. The van der Waals surface area contributed by atoms with Gasteiger partial charge in [0.05, 0.1) is 17.0 Å². The molecular formula is C29H32N2O2RuS. The van der Waals surface area contributed by atoms with Crippen molar-refractivity contribution in [3.8, 4) is 0 Å². The molecule has 4 rings (SSSR count). The standard InChI is InChI=1S/C21H22N2O2S.C8H10.Ru/c1-16-12-14-19(15-13-16)26(24,25)23-21(18-10-6-3-7-11-18)20(22)17-8-4-2-5-9-17;1-7-3-5-8(2)6-4-7;/h2-15,20-21,23H,22H2,1H3;3-6H,1-2H3;/t20-,21-;;/m0../s1. The molecule has 35 heavy (non-hydrogen) atoms. The predicted octanol–water partition coefficient (Wildman–Crippen LogP) is 6.02. The number of aryl methyl sites for hydroxylation is 3. The van der Waals surface area contributed by atoms with Gasteiger partial charge in [0.25, 0.3) is 0 Å². The summed E-state index contributed by atoms with van der Waals surface area (Å²) in [4.78, 5) is 0.226. The number of sulfonamides is 1. The van der Waals surface area contributed by atoms with Gasteiger partial charge in [-0.3, -0.25) is 0 Å². The zero-order valence-electron chi connectivity index (χ0n) is 20.2. The molecule has 0 aliphatic carbocycles. The first-order valence-electron chi connectivity index (χ1n) is 11.2. The minimum Gasteiger partial charge on any atom is -0.322 e. The maximum Gasteiger partial charge on any atom is 0.241 e. The van der Waals surface area contributed by atoms with Crippen molar-refractivity contribution in [3.63, 3.8) is 0 Å². The van der Waals surface area contributed by atoms with Crippen molar-refractivity contribution in [1.29, 1.82) is 0 Å². The van der Waals surface area contributed by atoms with E-state index in [2.05, 4.69) is 42.8 Å². The molecule has 0 spiro atoms. The van der Waals surface area contributed by atoms with Gasteiger partial charge < -0.3 is 5.73 Å². The number of hydrogen-bond donors (Lipinski definition) is 2. The Balaban J connectivity index is 0.000000409. The third kappa shape index (κ3) is 8.52. The summed E-state index contributed by atoms with van der Waals surface area (Å²) in [5, 5.41) is 0. The molecule has 184 valence electrons. The van der Waals surface area contributed by atoms with Crippen LogP contribution in [0.3, 0.4) is 0 Å². The number of hydrogen-bond acceptors (Lipinski definition) is 3. The van der Waals surface area contributed by atoms with Crippen LogP contribution in [0.15, 0.2) is 114 Å². The Hall–Kier alpha value is -2.63. The smallest absolute Gasteiger partial charge is 0.241 e. The molecule has 3 N–H and O–H groups in total. The Morgan fingerprint density at radius 3 is 1.40 bits per heavy atom. The second-order valence-electron chi connectivity index (χ2n) is 8.41. The van der Waals surface area contributed by atoms with E-state index in [0.717, 1.165) is 16.7 Å². The summed E-state index contributed by atoms with van der Waals surface area (Å²) in [5.74, 6) is 0. The second-order valence-corrected chi connectivity index (χ2v) is 10.1. The van der Waals surface area contributed by atoms with Gasteiger partial charge >= 0.3 is 0 Å². The summed E-state index contributed by atoms with van der Waals surface area (Å²) in [7, 11) is -3.71. The third-order valence-electron chi connectivity index (χ3n) is 5.53. The normalized spacial score (nSPS) is 12.5. The van der Waals surface area contributed by atoms with E-state index in [0.29, 0.717) is 0 Å². The van der Waals surface area contributed by atoms with Crippen LogP contribution in [-0.4, -0.2) is 8.42 Å². The largest absolute Gasteiger partial charge is 0.322 e. The number of nitrogens with two attached hydrogens (primary N) is 1. The van der Waals surface area contributed by atoms with E-state index in [4.69, 9.17) is 5.73 Å². The SMILES string of the molecule is Cc1ccc(C)cc1.Cc1ccc(S(=O)(=O)N[C@@H](c2ccccc2)[C@@H](N)c2ccccc2)cc1.[Ru]. The van der Waals surface area contributed by atoms with E-state index in [1.165, 1.54) is 11.1 Å². The van der Waals surface area contributed by atoms with Crippen LogP contribution in [-0.2, 0) is 29.5 Å². The van der Waals surface area contributed by atoms with Crippen molar-refractivity contribution in [1.82, 2.24) is 4.72 Å². The topological polar surface area (TPSA) is 72.2 Å². The molecule has 0 bridgehead atoms. The Labute approximate surface area is 222 Å². The predicted molar refractivity (Wildman–Crippen MR) is 140 cm³/mol. The fourth-order valence-electron chi connectivity index (χ4n) is 3.47. The summed E-state index contributed by atoms with van der Waals surface area (Å²) >= 11 is 0. The maximum atomic E-state index is 12.9. The van der Waals surface area contributed by atoms with Gasteiger partial charge in [-0.2, -0.15) is 0 Å². The zero-order chi connectivity index (χ0) is 24.6. The molecule has 4 nitrogen and oxygen atoms in total. The van der Waals surface area contributed by atoms with Crippen LogP contribution in [0.5, 0.6) is 0 Å². The summed E-state index contributed by atoms with van der Waals surface area (Å²) in [6.07, 6.45) is 0. The van der Waals surface area contributed by atoms with Gasteiger partial charge in [-0.1, -0.05) is 114 Å². The molecule has 0 aliphatic rings. The summed E-state index contributed by atoms with van der Waals surface area (Å²) in [6, 6.07) is 33.1. The van der Waals surface area contributed by atoms with Crippen LogP contribution in [0.25, 0.3) is 0 Å². The van der Waals surface area contributed by atoms with Gasteiger partial charge in [0, 0.05) is 19.5 Å². The van der Waals surface area contributed by atoms with Crippen LogP contribution < -0.4 is 10.5 Å². The van der Waals surface area contributed by atoms with Crippen molar-refractivity contribution >= 4 is 10.0 Å². The molecule has 0 saturated heterocycles. The van der Waals surface area contributed by atoms with Crippen molar-refractivity contribution < 1.29 is 27.9 Å². The van der Waals surface area contributed by atoms with Gasteiger partial charge in [-0.25, -0.2) is 13.1 Å². The van der Waals surface area contributed by atoms with Crippen LogP contribution >= 0.6 is 0 Å². The van der Waals surface area contributed by atoms with Crippen molar-refractivity contribution in [2.24, 2.45) is 5.73 Å². The van der Waals surface area contributed by atoms with E-state index in [-0.39, 0.29) is 24.4 Å². The number of nitrogens with one attached hydrogen (secondary N) is 1. The molecule has 0 fully saturated rings. The zero-order valence-corrected chi connectivity index (χ0v) is 22.8. The van der Waals surface area contributed by atoms with E-state index in [1.54, 1.807) is 24.3 Å². The first kappa shape index (κ1) is 28.6. The van der Waals surface area contributed by atoms with Gasteiger partial charge in [0.15, 0.2) is 0 Å². The average molecular weight is 574 g/mol. The van der Waals surface area contributed by atoms with Crippen molar-refractivity contribution in [2.45, 2.75) is 37.8 Å². The first-order valence-corrected chi connectivity index (χ1v) is 12.7.